The van der Waals surface area contributed by atoms with Gasteiger partial charge in [0.25, 0.3) is 11.6 Å². The number of nitro groups is 1. The van der Waals surface area contributed by atoms with Crippen molar-refractivity contribution in [1.82, 2.24) is 10.2 Å². The van der Waals surface area contributed by atoms with Gasteiger partial charge in [0.2, 0.25) is 0 Å². The maximum absolute atomic E-state index is 12.6. The first-order valence-corrected chi connectivity index (χ1v) is 8.07. The Morgan fingerprint density at radius 2 is 2.17 bits per heavy atom. The number of hydrogen-bond donors (Lipinski definition) is 2. The number of nitrogens with one attached hydrogen (secondary N) is 2. The van der Waals surface area contributed by atoms with E-state index < -0.39 is 4.92 Å². The molecular formula is C16H22N4O3. The van der Waals surface area contributed by atoms with Crippen LogP contribution < -0.4 is 10.6 Å². The van der Waals surface area contributed by atoms with Crippen molar-refractivity contribution in [3.8, 4) is 0 Å². The van der Waals surface area contributed by atoms with Gasteiger partial charge in [-0.05, 0) is 50.9 Å². The number of benzene rings is 1. The molecule has 7 heteroatoms. The Morgan fingerprint density at radius 3 is 2.83 bits per heavy atom. The van der Waals surface area contributed by atoms with Crippen LogP contribution in [-0.4, -0.2) is 48.5 Å². The maximum atomic E-state index is 12.6. The summed E-state index contributed by atoms with van der Waals surface area (Å²) in [5.41, 5.74) is 0.875. The monoisotopic (exact) mass is 318 g/mol. The molecule has 1 aromatic rings. The smallest absolute Gasteiger partial charge is 0.293 e. The summed E-state index contributed by atoms with van der Waals surface area (Å²) in [5.74, 6) is 0.333. The van der Waals surface area contributed by atoms with Crippen LogP contribution in [0, 0.1) is 16.0 Å². The fourth-order valence-electron chi connectivity index (χ4n) is 3.04. The number of amides is 1. The van der Waals surface area contributed by atoms with E-state index in [-0.39, 0.29) is 11.6 Å². The van der Waals surface area contributed by atoms with Gasteiger partial charge in [0.05, 0.1) is 4.92 Å². The molecule has 124 valence electrons. The maximum Gasteiger partial charge on any atom is 0.293 e. The summed E-state index contributed by atoms with van der Waals surface area (Å²) >= 11 is 0. The molecule has 0 aromatic heterocycles. The van der Waals surface area contributed by atoms with Crippen molar-refractivity contribution in [3.63, 3.8) is 0 Å². The van der Waals surface area contributed by atoms with Crippen molar-refractivity contribution in [2.24, 2.45) is 5.92 Å². The number of hydrogen-bond acceptors (Lipinski definition) is 5. The van der Waals surface area contributed by atoms with Crippen LogP contribution in [0.3, 0.4) is 0 Å². The number of nitro benzene ring substituents is 1. The predicted octanol–water partition coefficient (Wildman–Crippen LogP) is 1.85. The van der Waals surface area contributed by atoms with Gasteiger partial charge in [0.15, 0.2) is 0 Å². The van der Waals surface area contributed by atoms with E-state index in [1.54, 1.807) is 17.0 Å². The molecule has 1 atom stereocenters. The third kappa shape index (κ3) is 3.61. The normalized spacial score (nSPS) is 20.6. The Labute approximate surface area is 135 Å². The van der Waals surface area contributed by atoms with E-state index in [2.05, 4.69) is 10.6 Å². The van der Waals surface area contributed by atoms with Gasteiger partial charge in [-0.3, -0.25) is 14.9 Å². The fourth-order valence-corrected chi connectivity index (χ4v) is 3.04. The zero-order chi connectivity index (χ0) is 16.4. The molecule has 1 aliphatic carbocycles. The van der Waals surface area contributed by atoms with E-state index >= 15 is 0 Å². The zero-order valence-electron chi connectivity index (χ0n) is 13.2. The molecule has 1 unspecified atom stereocenters. The minimum atomic E-state index is -0.421. The Hall–Kier alpha value is -2.15. The highest BCUT2D eigenvalue weighted by atomic mass is 16.6. The van der Waals surface area contributed by atoms with Crippen molar-refractivity contribution in [2.75, 3.05) is 32.0 Å². The molecule has 1 aliphatic heterocycles. The first-order chi connectivity index (χ1) is 11.1. The number of nitrogens with zero attached hydrogens (tertiary/aromatic N) is 2. The topological polar surface area (TPSA) is 87.5 Å². The molecular weight excluding hydrogens is 296 g/mol. The van der Waals surface area contributed by atoms with Crippen LogP contribution in [-0.2, 0) is 0 Å². The van der Waals surface area contributed by atoms with Gasteiger partial charge in [0.1, 0.15) is 5.69 Å². The van der Waals surface area contributed by atoms with Gasteiger partial charge in [-0.25, -0.2) is 0 Å². The molecule has 1 saturated heterocycles. The molecule has 0 radical (unpaired) electrons. The summed E-state index contributed by atoms with van der Waals surface area (Å²) in [7, 11) is 1.90. The Bertz CT molecular complexity index is 615. The van der Waals surface area contributed by atoms with Crippen LogP contribution in [0.1, 0.15) is 29.6 Å². The number of carbonyl (C=O) groups is 1. The lowest BCUT2D eigenvalue weighted by Gasteiger charge is -2.17. The summed E-state index contributed by atoms with van der Waals surface area (Å²) in [4.78, 5) is 25.2. The van der Waals surface area contributed by atoms with E-state index in [9.17, 15) is 14.9 Å². The molecule has 1 saturated carbocycles. The molecule has 7 nitrogen and oxygen atoms in total. The van der Waals surface area contributed by atoms with E-state index in [4.69, 9.17) is 0 Å². The van der Waals surface area contributed by atoms with Crippen LogP contribution in [0.25, 0.3) is 0 Å². The SMILES string of the molecule is CNCC1CCN(C(=O)c2ccc(NC3CC3)c([N+](=O)[O-])c2)C1. The van der Waals surface area contributed by atoms with Crippen molar-refractivity contribution in [1.29, 1.82) is 0 Å². The number of rotatable bonds is 6. The standard InChI is InChI=1S/C16H22N4O3/c1-17-9-11-6-7-19(10-11)16(21)12-2-5-14(18-13-3-4-13)15(8-12)20(22)23/h2,5,8,11,13,17-18H,3-4,6-7,9-10H2,1H3. The lowest BCUT2D eigenvalue weighted by Crippen LogP contribution is -2.30. The Balaban J connectivity index is 1.75. The highest BCUT2D eigenvalue weighted by Crippen LogP contribution is 2.32. The minimum absolute atomic E-state index is 0.0197. The van der Waals surface area contributed by atoms with Gasteiger partial charge in [-0.1, -0.05) is 0 Å². The average Bonchev–Trinajstić information content (AvgIpc) is 3.23. The van der Waals surface area contributed by atoms with Gasteiger partial charge < -0.3 is 15.5 Å². The summed E-state index contributed by atoms with van der Waals surface area (Å²) in [6.07, 6.45) is 3.05. The molecule has 2 aliphatic rings. The third-order valence-corrected chi connectivity index (χ3v) is 4.44. The van der Waals surface area contributed by atoms with Crippen molar-refractivity contribution in [2.45, 2.75) is 25.3 Å². The van der Waals surface area contributed by atoms with Crippen LogP contribution in [0.2, 0.25) is 0 Å². The van der Waals surface area contributed by atoms with Crippen LogP contribution in [0.15, 0.2) is 18.2 Å². The molecule has 1 aromatic carbocycles. The Morgan fingerprint density at radius 1 is 1.39 bits per heavy atom. The lowest BCUT2D eigenvalue weighted by atomic mass is 10.1. The largest absolute Gasteiger partial charge is 0.377 e. The molecule has 1 heterocycles. The minimum Gasteiger partial charge on any atom is -0.377 e. The number of carbonyl (C=O) groups excluding carboxylic acids is 1. The highest BCUT2D eigenvalue weighted by molar-refractivity contribution is 5.96. The van der Waals surface area contributed by atoms with Crippen molar-refractivity contribution < 1.29 is 9.72 Å². The second-order valence-corrected chi connectivity index (χ2v) is 6.37. The Kier molecular flexibility index (Phi) is 4.47. The molecule has 2 N–H and O–H groups in total. The van der Waals surface area contributed by atoms with E-state index in [0.717, 1.165) is 25.8 Å². The lowest BCUT2D eigenvalue weighted by molar-refractivity contribution is -0.384. The number of likely N-dealkylation sites (tertiary alicyclic amines) is 1. The van der Waals surface area contributed by atoms with E-state index in [1.165, 1.54) is 6.07 Å². The summed E-state index contributed by atoms with van der Waals surface area (Å²) < 4.78 is 0. The van der Waals surface area contributed by atoms with Gasteiger partial charge in [-0.15, -0.1) is 0 Å². The summed E-state index contributed by atoms with van der Waals surface area (Å²) in [6.45, 7) is 2.30. The number of anilines is 1. The second kappa shape index (κ2) is 6.54. The molecule has 23 heavy (non-hydrogen) atoms. The van der Waals surface area contributed by atoms with E-state index in [1.807, 2.05) is 7.05 Å². The quantitative estimate of drug-likeness (QED) is 0.617. The summed E-state index contributed by atoms with van der Waals surface area (Å²) in [6, 6.07) is 5.07. The third-order valence-electron chi connectivity index (χ3n) is 4.44. The predicted molar refractivity (Wildman–Crippen MR) is 87.7 cm³/mol. The van der Waals surface area contributed by atoms with Crippen LogP contribution >= 0.6 is 0 Å². The first kappa shape index (κ1) is 15.7. The van der Waals surface area contributed by atoms with Crippen molar-refractivity contribution in [3.05, 3.63) is 33.9 Å². The van der Waals surface area contributed by atoms with Crippen LogP contribution in [0.4, 0.5) is 11.4 Å². The average molecular weight is 318 g/mol. The molecule has 0 bridgehead atoms. The van der Waals surface area contributed by atoms with E-state index in [0.29, 0.717) is 36.3 Å². The molecule has 2 fully saturated rings. The molecule has 0 spiro atoms. The first-order valence-electron chi connectivity index (χ1n) is 8.07. The van der Waals surface area contributed by atoms with Crippen LogP contribution in [0.5, 0.6) is 0 Å². The summed E-state index contributed by atoms with van der Waals surface area (Å²) in [5, 5.41) is 17.6. The molecule has 1 amide bonds. The van der Waals surface area contributed by atoms with Gasteiger partial charge >= 0.3 is 0 Å². The van der Waals surface area contributed by atoms with Crippen molar-refractivity contribution >= 4 is 17.3 Å². The highest BCUT2D eigenvalue weighted by Gasteiger charge is 2.29. The van der Waals surface area contributed by atoms with Gasteiger partial charge in [0, 0.05) is 30.8 Å². The fraction of sp³-hybridized carbons (Fsp3) is 0.562. The second-order valence-electron chi connectivity index (χ2n) is 6.37. The molecule has 3 rings (SSSR count). The van der Waals surface area contributed by atoms with Gasteiger partial charge in [-0.2, -0.15) is 0 Å². The zero-order valence-corrected chi connectivity index (χ0v) is 13.2.